The van der Waals surface area contributed by atoms with Crippen LogP contribution >= 0.6 is 23.2 Å². The number of halogens is 2. The van der Waals surface area contributed by atoms with Gasteiger partial charge in [0.25, 0.3) is 0 Å². The minimum absolute atomic E-state index is 0.119. The number of rotatable bonds is 5. The van der Waals surface area contributed by atoms with Gasteiger partial charge in [0.05, 0.1) is 0 Å². The maximum absolute atomic E-state index is 12.1. The van der Waals surface area contributed by atoms with Gasteiger partial charge in [-0.3, -0.25) is 14.6 Å². The fourth-order valence-corrected chi connectivity index (χ4v) is 2.50. The predicted octanol–water partition coefficient (Wildman–Crippen LogP) is 3.06. The molecule has 0 unspecified atom stereocenters. The molecule has 0 atom stereocenters. The number of nitrogens with zero attached hydrogens (tertiary/aromatic N) is 2. The van der Waals surface area contributed by atoms with Crippen LogP contribution < -0.4 is 10.2 Å². The molecule has 1 heterocycles. The molecule has 120 valence electrons. The maximum atomic E-state index is 12.1. The van der Waals surface area contributed by atoms with Crippen LogP contribution in [0.4, 0.5) is 5.69 Å². The molecule has 0 aliphatic rings. The van der Waals surface area contributed by atoms with Crippen LogP contribution in [0, 0.1) is 0 Å². The van der Waals surface area contributed by atoms with Crippen LogP contribution in [-0.4, -0.2) is 23.3 Å². The lowest BCUT2D eigenvalue weighted by atomic mass is 10.2. The van der Waals surface area contributed by atoms with E-state index in [1.807, 2.05) is 6.07 Å². The van der Waals surface area contributed by atoms with E-state index in [4.69, 9.17) is 23.2 Å². The Morgan fingerprint density at radius 3 is 2.48 bits per heavy atom. The second-order valence-corrected chi connectivity index (χ2v) is 5.74. The van der Waals surface area contributed by atoms with Crippen LogP contribution in [0.5, 0.6) is 0 Å². The van der Waals surface area contributed by atoms with E-state index in [1.165, 1.54) is 11.8 Å². The Kier molecular flexibility index (Phi) is 5.96. The third kappa shape index (κ3) is 5.23. The summed E-state index contributed by atoms with van der Waals surface area (Å²) in [5, 5.41) is 3.54. The Morgan fingerprint density at radius 1 is 1.22 bits per heavy atom. The second-order valence-electron chi connectivity index (χ2n) is 4.87. The van der Waals surface area contributed by atoms with Gasteiger partial charge in [0, 0.05) is 41.6 Å². The van der Waals surface area contributed by atoms with Crippen LogP contribution in [0.2, 0.25) is 10.0 Å². The molecule has 0 spiro atoms. The Labute approximate surface area is 144 Å². The molecule has 0 aliphatic heterocycles. The van der Waals surface area contributed by atoms with Gasteiger partial charge >= 0.3 is 0 Å². The lowest BCUT2D eigenvalue weighted by molar-refractivity contribution is -0.123. The minimum atomic E-state index is -0.292. The first-order chi connectivity index (χ1) is 11.0. The molecule has 23 heavy (non-hydrogen) atoms. The Balaban J connectivity index is 2.04. The van der Waals surface area contributed by atoms with Crippen molar-refractivity contribution in [2.45, 2.75) is 13.5 Å². The summed E-state index contributed by atoms with van der Waals surface area (Å²) in [4.78, 5) is 29.2. The van der Waals surface area contributed by atoms with Crippen molar-refractivity contribution < 1.29 is 9.59 Å². The summed E-state index contributed by atoms with van der Waals surface area (Å²) in [5.74, 6) is -0.569. The van der Waals surface area contributed by atoms with Crippen LogP contribution in [-0.2, 0) is 16.1 Å². The summed E-state index contributed by atoms with van der Waals surface area (Å²) in [7, 11) is 0. The molecule has 0 aliphatic carbocycles. The van der Waals surface area contributed by atoms with Crippen molar-refractivity contribution in [3.63, 3.8) is 0 Å². The smallest absolute Gasteiger partial charge is 0.240 e. The summed E-state index contributed by atoms with van der Waals surface area (Å²) < 4.78 is 0. The van der Waals surface area contributed by atoms with Crippen molar-refractivity contribution in [3.05, 3.63) is 58.3 Å². The zero-order valence-electron chi connectivity index (χ0n) is 12.4. The van der Waals surface area contributed by atoms with E-state index in [-0.39, 0.29) is 18.4 Å². The Bertz CT molecular complexity index is 687. The van der Waals surface area contributed by atoms with Gasteiger partial charge in [0.15, 0.2) is 0 Å². The number of benzene rings is 1. The molecular weight excluding hydrogens is 337 g/mol. The topological polar surface area (TPSA) is 62.3 Å². The van der Waals surface area contributed by atoms with Crippen molar-refractivity contribution in [2.24, 2.45) is 0 Å². The van der Waals surface area contributed by atoms with Gasteiger partial charge in [-0.25, -0.2) is 0 Å². The Hall–Kier alpha value is -2.11. The normalized spacial score (nSPS) is 10.2. The van der Waals surface area contributed by atoms with Crippen molar-refractivity contribution in [3.8, 4) is 0 Å². The molecule has 2 rings (SSSR count). The lowest BCUT2D eigenvalue weighted by Crippen LogP contribution is -2.39. The van der Waals surface area contributed by atoms with Gasteiger partial charge < -0.3 is 10.2 Å². The van der Waals surface area contributed by atoms with E-state index in [9.17, 15) is 9.59 Å². The number of hydrogen-bond acceptors (Lipinski definition) is 3. The average molecular weight is 352 g/mol. The summed E-state index contributed by atoms with van der Waals surface area (Å²) in [6.07, 6.45) is 3.32. The van der Waals surface area contributed by atoms with Crippen molar-refractivity contribution in [1.82, 2.24) is 10.3 Å². The average Bonchev–Trinajstić information content (AvgIpc) is 2.50. The molecular formula is C16H15Cl2N3O2. The highest BCUT2D eigenvalue weighted by Gasteiger charge is 2.16. The third-order valence-corrected chi connectivity index (χ3v) is 3.49. The summed E-state index contributed by atoms with van der Waals surface area (Å²) in [5.41, 5.74) is 1.35. The number of carbonyl (C=O) groups excluding carboxylic acids is 2. The first-order valence-electron chi connectivity index (χ1n) is 6.85. The third-order valence-electron chi connectivity index (χ3n) is 3.05. The molecule has 7 heteroatoms. The fourth-order valence-electron chi connectivity index (χ4n) is 1.98. The fraction of sp³-hybridized carbons (Fsp3) is 0.188. The van der Waals surface area contributed by atoms with Crippen molar-refractivity contribution in [2.75, 3.05) is 11.4 Å². The van der Waals surface area contributed by atoms with E-state index in [2.05, 4.69) is 10.3 Å². The number of anilines is 1. The minimum Gasteiger partial charge on any atom is -0.350 e. The summed E-state index contributed by atoms with van der Waals surface area (Å²) in [6.45, 7) is 1.60. The van der Waals surface area contributed by atoms with Crippen LogP contribution in [0.3, 0.4) is 0 Å². The number of hydrogen-bond donors (Lipinski definition) is 1. The molecule has 0 radical (unpaired) electrons. The molecule has 1 N–H and O–H groups in total. The summed E-state index contributed by atoms with van der Waals surface area (Å²) >= 11 is 11.9. The predicted molar refractivity (Wildman–Crippen MR) is 90.6 cm³/mol. The maximum Gasteiger partial charge on any atom is 0.240 e. The standard InChI is InChI=1S/C16H15Cl2N3O2/c1-11(22)21(15-6-13(17)5-14(18)7-15)10-16(23)20-9-12-3-2-4-19-8-12/h2-8H,9-10H2,1H3,(H,20,23). The molecule has 0 fully saturated rings. The van der Waals surface area contributed by atoms with Gasteiger partial charge in [-0.2, -0.15) is 0 Å². The lowest BCUT2D eigenvalue weighted by Gasteiger charge is -2.21. The van der Waals surface area contributed by atoms with Gasteiger partial charge in [0.1, 0.15) is 6.54 Å². The highest BCUT2D eigenvalue weighted by atomic mass is 35.5. The molecule has 0 bridgehead atoms. The molecule has 1 aromatic carbocycles. The number of nitrogens with one attached hydrogen (secondary N) is 1. The quantitative estimate of drug-likeness (QED) is 0.900. The first-order valence-corrected chi connectivity index (χ1v) is 7.61. The zero-order chi connectivity index (χ0) is 16.8. The van der Waals surface area contributed by atoms with Crippen LogP contribution in [0.1, 0.15) is 12.5 Å². The first kappa shape index (κ1) is 17.2. The van der Waals surface area contributed by atoms with E-state index >= 15 is 0 Å². The van der Waals surface area contributed by atoms with Gasteiger partial charge in [-0.15, -0.1) is 0 Å². The van der Waals surface area contributed by atoms with E-state index in [1.54, 1.807) is 36.7 Å². The van der Waals surface area contributed by atoms with Crippen molar-refractivity contribution in [1.29, 1.82) is 0 Å². The molecule has 0 saturated heterocycles. The number of pyridine rings is 1. The Morgan fingerprint density at radius 2 is 1.91 bits per heavy atom. The van der Waals surface area contributed by atoms with Gasteiger partial charge in [0.2, 0.25) is 11.8 Å². The number of amides is 2. The highest BCUT2D eigenvalue weighted by Crippen LogP contribution is 2.25. The highest BCUT2D eigenvalue weighted by molar-refractivity contribution is 6.35. The second kappa shape index (κ2) is 7.94. The zero-order valence-corrected chi connectivity index (χ0v) is 13.9. The van der Waals surface area contributed by atoms with Crippen molar-refractivity contribution >= 4 is 40.7 Å². The number of carbonyl (C=O) groups is 2. The van der Waals surface area contributed by atoms with Gasteiger partial charge in [-0.1, -0.05) is 29.3 Å². The van der Waals surface area contributed by atoms with Gasteiger partial charge in [-0.05, 0) is 29.8 Å². The van der Waals surface area contributed by atoms with E-state index in [0.29, 0.717) is 22.3 Å². The SMILES string of the molecule is CC(=O)N(CC(=O)NCc1cccnc1)c1cc(Cl)cc(Cl)c1. The van der Waals surface area contributed by atoms with E-state index in [0.717, 1.165) is 5.56 Å². The monoisotopic (exact) mass is 351 g/mol. The summed E-state index contributed by atoms with van der Waals surface area (Å²) in [6, 6.07) is 8.38. The molecule has 5 nitrogen and oxygen atoms in total. The molecule has 2 amide bonds. The largest absolute Gasteiger partial charge is 0.350 e. The van der Waals surface area contributed by atoms with E-state index < -0.39 is 0 Å². The molecule has 0 saturated carbocycles. The van der Waals surface area contributed by atoms with Crippen LogP contribution in [0.25, 0.3) is 0 Å². The number of aromatic nitrogens is 1. The molecule has 1 aromatic heterocycles. The molecule has 2 aromatic rings. The van der Waals surface area contributed by atoms with Crippen LogP contribution in [0.15, 0.2) is 42.7 Å².